The highest BCUT2D eigenvalue weighted by atomic mass is 35.5. The Kier molecular flexibility index (Phi) is 10.7. The smallest absolute Gasteiger partial charge is 0.243 e. The summed E-state index contributed by atoms with van der Waals surface area (Å²) in [6, 6.07) is 9.13. The van der Waals surface area contributed by atoms with Crippen molar-refractivity contribution in [1.29, 1.82) is 0 Å². The van der Waals surface area contributed by atoms with E-state index in [1.807, 2.05) is 20.8 Å². The Morgan fingerprint density at radius 3 is 2.41 bits per heavy atom. The summed E-state index contributed by atoms with van der Waals surface area (Å²) in [6.45, 7) is 5.96. The van der Waals surface area contributed by atoms with Gasteiger partial charge in [-0.05, 0) is 56.0 Å². The van der Waals surface area contributed by atoms with Gasteiger partial charge in [0.05, 0.1) is 11.9 Å². The fourth-order valence-electron chi connectivity index (χ4n) is 4.24. The van der Waals surface area contributed by atoms with Crippen LogP contribution in [0.1, 0.15) is 52.0 Å². The second-order valence-electron chi connectivity index (χ2n) is 9.48. The highest BCUT2D eigenvalue weighted by molar-refractivity contribution is 7.92. The third kappa shape index (κ3) is 8.16. The number of anilines is 1. The molecule has 2 atom stereocenters. The molecule has 0 radical (unpaired) electrons. The van der Waals surface area contributed by atoms with E-state index < -0.39 is 16.1 Å². The summed E-state index contributed by atoms with van der Waals surface area (Å²) in [5.74, 6) is 0.469. The lowest BCUT2D eigenvalue weighted by molar-refractivity contribution is -0.141. The Bertz CT molecular complexity index is 1290. The molecule has 0 saturated heterocycles. The van der Waals surface area contributed by atoms with E-state index in [4.69, 9.17) is 32.7 Å². The zero-order valence-electron chi connectivity index (χ0n) is 22.6. The molecule has 0 fully saturated rings. The number of halogens is 2. The maximum absolute atomic E-state index is 13.6. The molecule has 1 aliphatic rings. The minimum Gasteiger partial charge on any atom is -0.454 e. The van der Waals surface area contributed by atoms with Gasteiger partial charge >= 0.3 is 0 Å². The third-order valence-electron chi connectivity index (χ3n) is 6.54. The SMILES string of the molecule is CC[C@@H](C)NC(=O)[C@H](CC)N(Cc1ccc(Cl)cc1Cl)C(=O)CCCN(c1ccc2c(c1)OCO2)S(C)(=O)=O. The average Bonchev–Trinajstić information content (AvgIpc) is 3.34. The van der Waals surface area contributed by atoms with Crippen LogP contribution in [-0.2, 0) is 26.2 Å². The standard InChI is InChI=1S/C27H35Cl2N3O6S/c1-5-18(3)30-27(34)23(6-2)31(16-19-9-10-20(28)14-22(19)29)26(33)8-7-13-32(39(4,35)36)21-11-12-24-25(15-21)38-17-37-24/h9-12,14-15,18,23H,5-8,13,16-17H2,1-4H3,(H,30,34)/t18-,23+/m1/s1. The molecule has 2 amide bonds. The van der Waals surface area contributed by atoms with Crippen LogP contribution in [-0.4, -0.2) is 56.8 Å². The van der Waals surface area contributed by atoms with Gasteiger partial charge in [-0.15, -0.1) is 0 Å². The third-order valence-corrected chi connectivity index (χ3v) is 8.32. The second-order valence-corrected chi connectivity index (χ2v) is 12.2. The Morgan fingerprint density at radius 2 is 1.77 bits per heavy atom. The van der Waals surface area contributed by atoms with Crippen molar-refractivity contribution in [1.82, 2.24) is 10.2 Å². The molecule has 39 heavy (non-hydrogen) atoms. The van der Waals surface area contributed by atoms with Crippen LogP contribution < -0.4 is 19.1 Å². The summed E-state index contributed by atoms with van der Waals surface area (Å²) < 4.78 is 37.1. The van der Waals surface area contributed by atoms with Crippen molar-refractivity contribution >= 4 is 50.7 Å². The first-order chi connectivity index (χ1) is 18.4. The molecule has 3 rings (SSSR count). The van der Waals surface area contributed by atoms with Crippen molar-refractivity contribution in [3.63, 3.8) is 0 Å². The number of nitrogens with zero attached hydrogens (tertiary/aromatic N) is 2. The van der Waals surface area contributed by atoms with E-state index in [0.29, 0.717) is 39.2 Å². The topological polar surface area (TPSA) is 105 Å². The van der Waals surface area contributed by atoms with Crippen molar-refractivity contribution in [2.75, 3.05) is 23.9 Å². The van der Waals surface area contributed by atoms with E-state index in [1.165, 1.54) is 9.21 Å². The number of fused-ring (bicyclic) bond motifs is 1. The molecule has 0 bridgehead atoms. The molecule has 0 aliphatic carbocycles. The fraction of sp³-hybridized carbons (Fsp3) is 0.481. The van der Waals surface area contributed by atoms with Crippen molar-refractivity contribution in [3.8, 4) is 11.5 Å². The number of sulfonamides is 1. The fourth-order valence-corrected chi connectivity index (χ4v) is 5.66. The number of hydrogen-bond acceptors (Lipinski definition) is 6. The summed E-state index contributed by atoms with van der Waals surface area (Å²) in [5, 5.41) is 3.82. The zero-order valence-corrected chi connectivity index (χ0v) is 24.9. The number of ether oxygens (including phenoxy) is 2. The predicted molar refractivity (Wildman–Crippen MR) is 153 cm³/mol. The molecule has 0 spiro atoms. The van der Waals surface area contributed by atoms with Gasteiger partial charge in [-0.1, -0.05) is 43.1 Å². The Morgan fingerprint density at radius 1 is 1.05 bits per heavy atom. The van der Waals surface area contributed by atoms with Crippen molar-refractivity contribution < 1.29 is 27.5 Å². The highest BCUT2D eigenvalue weighted by Crippen LogP contribution is 2.36. The van der Waals surface area contributed by atoms with Crippen LogP contribution in [0.4, 0.5) is 5.69 Å². The number of rotatable bonds is 13. The Balaban J connectivity index is 1.79. The average molecular weight is 601 g/mol. The van der Waals surface area contributed by atoms with E-state index in [0.717, 1.165) is 12.7 Å². The number of carbonyl (C=O) groups is 2. The molecule has 0 aromatic heterocycles. The van der Waals surface area contributed by atoms with E-state index in [2.05, 4.69) is 5.32 Å². The number of carbonyl (C=O) groups excluding carboxylic acids is 2. The largest absolute Gasteiger partial charge is 0.454 e. The summed E-state index contributed by atoms with van der Waals surface area (Å²) in [7, 11) is -3.64. The van der Waals surface area contributed by atoms with Gasteiger partial charge in [-0.3, -0.25) is 13.9 Å². The zero-order chi connectivity index (χ0) is 28.7. The van der Waals surface area contributed by atoms with Gasteiger partial charge in [0.15, 0.2) is 11.5 Å². The van der Waals surface area contributed by atoms with Gasteiger partial charge in [0.25, 0.3) is 0 Å². The molecule has 1 N–H and O–H groups in total. The number of benzene rings is 2. The molecular formula is C27H35Cl2N3O6S. The van der Waals surface area contributed by atoms with E-state index in [-0.39, 0.29) is 50.6 Å². The van der Waals surface area contributed by atoms with Crippen molar-refractivity contribution in [2.45, 2.75) is 65.1 Å². The van der Waals surface area contributed by atoms with E-state index in [1.54, 1.807) is 36.4 Å². The first kappa shape index (κ1) is 30.8. The maximum Gasteiger partial charge on any atom is 0.243 e. The highest BCUT2D eigenvalue weighted by Gasteiger charge is 2.30. The van der Waals surface area contributed by atoms with Gasteiger partial charge in [0.1, 0.15) is 6.04 Å². The van der Waals surface area contributed by atoms with Crippen LogP contribution >= 0.6 is 23.2 Å². The van der Waals surface area contributed by atoms with Crippen molar-refractivity contribution in [3.05, 3.63) is 52.0 Å². The molecule has 9 nitrogen and oxygen atoms in total. The van der Waals surface area contributed by atoms with Crippen LogP contribution in [0, 0.1) is 0 Å². The lowest BCUT2D eigenvalue weighted by atomic mass is 10.1. The Labute approximate surface area is 240 Å². The molecule has 0 saturated carbocycles. The lowest BCUT2D eigenvalue weighted by Crippen LogP contribution is -2.50. The summed E-state index contributed by atoms with van der Waals surface area (Å²) in [6.07, 6.45) is 2.51. The molecule has 0 unspecified atom stereocenters. The van der Waals surface area contributed by atoms with Gasteiger partial charge in [0, 0.05) is 41.7 Å². The molecule has 12 heteroatoms. The van der Waals surface area contributed by atoms with Gasteiger partial charge in [-0.25, -0.2) is 8.42 Å². The molecule has 1 aliphatic heterocycles. The second kappa shape index (κ2) is 13.6. The first-order valence-electron chi connectivity index (χ1n) is 12.9. The van der Waals surface area contributed by atoms with Gasteiger partial charge in [-0.2, -0.15) is 0 Å². The molecule has 2 aromatic carbocycles. The summed E-state index contributed by atoms with van der Waals surface area (Å²) in [5.41, 5.74) is 1.07. The van der Waals surface area contributed by atoms with E-state index in [9.17, 15) is 18.0 Å². The molecule has 214 valence electrons. The molecule has 2 aromatic rings. The maximum atomic E-state index is 13.6. The quantitative estimate of drug-likeness (QED) is 0.348. The van der Waals surface area contributed by atoms with Gasteiger partial charge < -0.3 is 19.7 Å². The van der Waals surface area contributed by atoms with Crippen LogP contribution in [0.2, 0.25) is 10.0 Å². The number of hydrogen-bond donors (Lipinski definition) is 1. The normalized spacial score (nSPS) is 14.0. The van der Waals surface area contributed by atoms with Crippen LogP contribution in [0.3, 0.4) is 0 Å². The van der Waals surface area contributed by atoms with Gasteiger partial charge in [0.2, 0.25) is 28.6 Å². The number of amides is 2. The summed E-state index contributed by atoms with van der Waals surface area (Å²) in [4.78, 5) is 28.2. The van der Waals surface area contributed by atoms with Crippen molar-refractivity contribution in [2.24, 2.45) is 0 Å². The minimum absolute atomic E-state index is 0.0227. The Hall–Kier alpha value is -2.69. The van der Waals surface area contributed by atoms with E-state index >= 15 is 0 Å². The van der Waals surface area contributed by atoms with Crippen LogP contribution in [0.25, 0.3) is 0 Å². The van der Waals surface area contributed by atoms with Crippen LogP contribution in [0.15, 0.2) is 36.4 Å². The number of nitrogens with one attached hydrogen (secondary N) is 1. The lowest BCUT2D eigenvalue weighted by Gasteiger charge is -2.32. The first-order valence-corrected chi connectivity index (χ1v) is 15.5. The van der Waals surface area contributed by atoms with Crippen LogP contribution in [0.5, 0.6) is 11.5 Å². The minimum atomic E-state index is -3.64. The monoisotopic (exact) mass is 599 g/mol. The molecule has 1 heterocycles. The predicted octanol–water partition coefficient (Wildman–Crippen LogP) is 4.99. The summed E-state index contributed by atoms with van der Waals surface area (Å²) >= 11 is 12.4. The molecular weight excluding hydrogens is 565 g/mol.